The van der Waals surface area contributed by atoms with Gasteiger partial charge in [-0.1, -0.05) is 19.6 Å². The first-order valence-corrected chi connectivity index (χ1v) is 7.44. The zero-order valence-corrected chi connectivity index (χ0v) is 9.00. The molecule has 3 N–H and O–H groups in total. The Bertz CT molecular complexity index is 211. The molecule has 0 aromatic rings. The van der Waals surface area contributed by atoms with Gasteiger partial charge in [-0.15, -0.1) is 0 Å². The van der Waals surface area contributed by atoms with E-state index in [1.54, 1.807) is 0 Å². The fraction of sp³-hybridized carbons (Fsp3) is 0.714. The molecular formula is C7H15NO4Si. The summed E-state index contributed by atoms with van der Waals surface area (Å²) in [7, 11) is -1.74. The van der Waals surface area contributed by atoms with Crippen molar-refractivity contribution in [2.45, 2.75) is 32.1 Å². The maximum absolute atomic E-state index is 10.6. The molecule has 0 saturated heterocycles. The molecule has 0 saturated carbocycles. The van der Waals surface area contributed by atoms with Gasteiger partial charge in [0.05, 0.1) is 6.42 Å². The smallest absolute Gasteiger partial charge is 0.320 e. The van der Waals surface area contributed by atoms with E-state index in [-0.39, 0.29) is 6.42 Å². The van der Waals surface area contributed by atoms with Crippen molar-refractivity contribution < 1.29 is 19.8 Å². The van der Waals surface area contributed by atoms with E-state index >= 15 is 0 Å². The van der Waals surface area contributed by atoms with Gasteiger partial charge in [-0.25, -0.2) is 0 Å². The van der Waals surface area contributed by atoms with E-state index in [1.165, 1.54) is 0 Å². The van der Waals surface area contributed by atoms with Crippen LogP contribution in [0.4, 0.5) is 0 Å². The van der Waals surface area contributed by atoms with Crippen molar-refractivity contribution in [3.63, 3.8) is 0 Å². The number of aliphatic carboxylic acids is 2. The van der Waals surface area contributed by atoms with Crippen molar-refractivity contribution in [3.8, 4) is 0 Å². The summed E-state index contributed by atoms with van der Waals surface area (Å²) in [4.78, 5) is 23.8. The third-order valence-corrected chi connectivity index (χ3v) is 2.50. The maximum atomic E-state index is 10.6. The molecule has 1 atom stereocenters. The summed E-state index contributed by atoms with van der Waals surface area (Å²) in [5, 5.41) is 17.1. The number of nitrogens with one attached hydrogen (secondary N) is 1. The van der Waals surface area contributed by atoms with Crippen molar-refractivity contribution in [1.29, 1.82) is 0 Å². The molecule has 0 aromatic carbocycles. The van der Waals surface area contributed by atoms with Crippen LogP contribution in [0.2, 0.25) is 19.6 Å². The molecule has 0 heterocycles. The standard InChI is InChI=1S/C7H15NO4Si/c1-13(2,3)8-5(7(11)12)4-6(9)10/h5,8H,4H2,1-3H3,(H,9,10)(H,11,12). The molecule has 1 unspecified atom stereocenters. The Morgan fingerprint density at radius 2 is 1.77 bits per heavy atom. The lowest BCUT2D eigenvalue weighted by molar-refractivity contribution is -0.145. The van der Waals surface area contributed by atoms with Gasteiger partial charge >= 0.3 is 11.9 Å². The Kier molecular flexibility index (Phi) is 4.08. The lowest BCUT2D eigenvalue weighted by atomic mass is 10.2. The molecule has 0 aromatic heterocycles. The molecule has 0 radical (unpaired) electrons. The van der Waals surface area contributed by atoms with Crippen molar-refractivity contribution >= 4 is 20.2 Å². The Morgan fingerprint density at radius 3 is 2.00 bits per heavy atom. The summed E-state index contributed by atoms with van der Waals surface area (Å²) in [6.07, 6.45) is -0.375. The average molecular weight is 205 g/mol. The van der Waals surface area contributed by atoms with Gasteiger partial charge in [0, 0.05) is 0 Å². The molecule has 76 valence electrons. The van der Waals surface area contributed by atoms with Crippen LogP contribution in [0, 0.1) is 0 Å². The first-order chi connectivity index (χ1) is 5.72. The van der Waals surface area contributed by atoms with Gasteiger partial charge in [-0.2, -0.15) is 0 Å². The molecule has 0 amide bonds. The molecule has 0 aliphatic rings. The quantitative estimate of drug-likeness (QED) is 0.563. The first-order valence-electron chi connectivity index (χ1n) is 3.94. The van der Waals surface area contributed by atoms with Crippen LogP contribution >= 0.6 is 0 Å². The SMILES string of the molecule is C[Si](C)(C)NC(CC(=O)O)C(=O)O. The van der Waals surface area contributed by atoms with Gasteiger partial charge in [0.25, 0.3) is 0 Å². The van der Waals surface area contributed by atoms with Crippen LogP contribution in [0.1, 0.15) is 6.42 Å². The third kappa shape index (κ3) is 6.29. The second-order valence-electron chi connectivity index (χ2n) is 3.88. The second-order valence-corrected chi connectivity index (χ2v) is 8.67. The van der Waals surface area contributed by atoms with Crippen LogP contribution in [-0.2, 0) is 9.59 Å². The number of carbonyl (C=O) groups is 2. The Hall–Kier alpha value is -0.883. The number of hydrogen-bond donors (Lipinski definition) is 3. The molecule has 0 fully saturated rings. The highest BCUT2D eigenvalue weighted by atomic mass is 28.3. The summed E-state index contributed by atoms with van der Waals surface area (Å²) < 4.78 is 0. The molecule has 13 heavy (non-hydrogen) atoms. The molecule has 6 heteroatoms. The highest BCUT2D eigenvalue weighted by Crippen LogP contribution is 2.01. The van der Waals surface area contributed by atoms with E-state index < -0.39 is 26.2 Å². The normalized spacial score (nSPS) is 13.8. The van der Waals surface area contributed by atoms with E-state index in [9.17, 15) is 9.59 Å². The number of carboxylic acids is 2. The molecule has 0 rings (SSSR count). The predicted octanol–water partition coefficient (Wildman–Crippen LogP) is 0.339. The Morgan fingerprint density at radius 1 is 1.31 bits per heavy atom. The number of rotatable bonds is 5. The summed E-state index contributed by atoms with van der Waals surface area (Å²) in [5.74, 6) is -2.21. The Balaban J connectivity index is 4.27. The minimum Gasteiger partial charge on any atom is -0.481 e. The van der Waals surface area contributed by atoms with E-state index in [0.717, 1.165) is 0 Å². The molecule has 0 spiro atoms. The fourth-order valence-corrected chi connectivity index (χ4v) is 2.17. The Labute approximate surface area is 77.9 Å². The second kappa shape index (κ2) is 4.38. The number of carboxylic acid groups (broad SMARTS) is 2. The molecular weight excluding hydrogens is 190 g/mol. The van der Waals surface area contributed by atoms with Crippen LogP contribution in [0.3, 0.4) is 0 Å². The summed E-state index contributed by atoms with van der Waals surface area (Å²) in [6, 6.07) is -0.968. The van der Waals surface area contributed by atoms with E-state index in [1.807, 2.05) is 19.6 Å². The predicted molar refractivity (Wildman–Crippen MR) is 50.2 cm³/mol. The summed E-state index contributed by atoms with van der Waals surface area (Å²) >= 11 is 0. The van der Waals surface area contributed by atoms with Crippen LogP contribution in [-0.4, -0.2) is 36.4 Å². The largest absolute Gasteiger partial charge is 0.481 e. The van der Waals surface area contributed by atoms with Crippen LogP contribution in [0.25, 0.3) is 0 Å². The van der Waals surface area contributed by atoms with Gasteiger partial charge in [-0.3, -0.25) is 9.59 Å². The third-order valence-electron chi connectivity index (χ3n) is 1.28. The van der Waals surface area contributed by atoms with Gasteiger partial charge < -0.3 is 15.2 Å². The lowest BCUT2D eigenvalue weighted by Crippen LogP contribution is -2.52. The molecule has 0 aliphatic heterocycles. The zero-order chi connectivity index (χ0) is 10.6. The monoisotopic (exact) mass is 205 g/mol. The summed E-state index contributed by atoms with van der Waals surface area (Å²) in [6.45, 7) is 5.76. The van der Waals surface area contributed by atoms with Crippen molar-refractivity contribution in [3.05, 3.63) is 0 Å². The first kappa shape index (κ1) is 12.1. The molecule has 0 bridgehead atoms. The van der Waals surface area contributed by atoms with Crippen LogP contribution in [0.5, 0.6) is 0 Å². The molecule has 0 aliphatic carbocycles. The topological polar surface area (TPSA) is 86.6 Å². The van der Waals surface area contributed by atoms with Crippen LogP contribution < -0.4 is 4.98 Å². The summed E-state index contributed by atoms with van der Waals surface area (Å²) in [5.41, 5.74) is 0. The lowest BCUT2D eigenvalue weighted by Gasteiger charge is -2.22. The van der Waals surface area contributed by atoms with E-state index in [0.29, 0.717) is 0 Å². The maximum Gasteiger partial charge on any atom is 0.320 e. The van der Waals surface area contributed by atoms with Gasteiger partial charge in [0.15, 0.2) is 0 Å². The van der Waals surface area contributed by atoms with Crippen molar-refractivity contribution in [1.82, 2.24) is 4.98 Å². The minimum atomic E-state index is -1.74. The van der Waals surface area contributed by atoms with E-state index in [2.05, 4.69) is 4.98 Å². The van der Waals surface area contributed by atoms with E-state index in [4.69, 9.17) is 10.2 Å². The molecule has 5 nitrogen and oxygen atoms in total. The number of hydrogen-bond acceptors (Lipinski definition) is 3. The van der Waals surface area contributed by atoms with Gasteiger partial charge in [-0.05, 0) is 0 Å². The zero-order valence-electron chi connectivity index (χ0n) is 8.00. The van der Waals surface area contributed by atoms with Crippen molar-refractivity contribution in [2.24, 2.45) is 0 Å². The minimum absolute atomic E-state index is 0.375. The van der Waals surface area contributed by atoms with Crippen molar-refractivity contribution in [2.75, 3.05) is 0 Å². The average Bonchev–Trinajstić information content (AvgIpc) is 1.81. The van der Waals surface area contributed by atoms with Crippen LogP contribution in [0.15, 0.2) is 0 Å². The van der Waals surface area contributed by atoms with Gasteiger partial charge in [0.1, 0.15) is 14.3 Å². The fourth-order valence-electron chi connectivity index (χ4n) is 0.897. The van der Waals surface area contributed by atoms with Gasteiger partial charge in [0.2, 0.25) is 0 Å². The highest BCUT2D eigenvalue weighted by Gasteiger charge is 2.26. The highest BCUT2D eigenvalue weighted by molar-refractivity contribution is 6.73.